The lowest BCUT2D eigenvalue weighted by Gasteiger charge is -2.25. The van der Waals surface area contributed by atoms with Gasteiger partial charge >= 0.3 is 6.09 Å². The largest absolute Gasteiger partial charge is 0.451 e. The molecule has 0 saturated carbocycles. The van der Waals surface area contributed by atoms with E-state index >= 15 is 0 Å². The van der Waals surface area contributed by atoms with E-state index in [2.05, 4.69) is 0 Å². The third-order valence-corrected chi connectivity index (χ3v) is 6.53. The normalized spacial score (nSPS) is 21.2. The molecule has 2 aliphatic heterocycles. The van der Waals surface area contributed by atoms with Crippen LogP contribution in [0, 0.1) is 12.7 Å². The fourth-order valence-corrected chi connectivity index (χ4v) is 4.79. The highest BCUT2D eigenvalue weighted by Gasteiger charge is 2.46. The summed E-state index contributed by atoms with van der Waals surface area (Å²) in [6.07, 6.45) is 1.71. The van der Waals surface area contributed by atoms with Crippen molar-refractivity contribution in [3.63, 3.8) is 0 Å². The number of ether oxygens (including phenoxy) is 1. The van der Waals surface area contributed by atoms with E-state index in [4.69, 9.17) is 9.15 Å². The first kappa shape index (κ1) is 20.5. The summed E-state index contributed by atoms with van der Waals surface area (Å²) in [5.41, 5.74) is 1.63. The van der Waals surface area contributed by atoms with Gasteiger partial charge in [0.15, 0.2) is 5.76 Å². The number of rotatable bonds is 3. The van der Waals surface area contributed by atoms with Crippen molar-refractivity contribution < 1.29 is 23.1 Å². The van der Waals surface area contributed by atoms with Crippen molar-refractivity contribution >= 4 is 23.0 Å². The van der Waals surface area contributed by atoms with Crippen molar-refractivity contribution in [1.82, 2.24) is 9.80 Å². The molecule has 3 heterocycles. The first-order valence-corrected chi connectivity index (χ1v) is 10.9. The zero-order valence-electron chi connectivity index (χ0n) is 18.0. The molecule has 32 heavy (non-hydrogen) atoms. The van der Waals surface area contributed by atoms with E-state index < -0.39 is 5.60 Å². The number of carbonyl (C=O) groups excluding carboxylic acids is 2. The van der Waals surface area contributed by atoms with Gasteiger partial charge in [-0.15, -0.1) is 0 Å². The lowest BCUT2D eigenvalue weighted by Crippen LogP contribution is -2.37. The number of halogens is 1. The number of likely N-dealkylation sites (tertiary alicyclic amines) is 1. The first-order chi connectivity index (χ1) is 15.4. The summed E-state index contributed by atoms with van der Waals surface area (Å²) in [4.78, 5) is 29.3. The molecule has 2 aliphatic rings. The highest BCUT2D eigenvalue weighted by molar-refractivity contribution is 5.99. The molecule has 5 rings (SSSR count). The zero-order valence-corrected chi connectivity index (χ0v) is 18.0. The van der Waals surface area contributed by atoms with E-state index in [-0.39, 0.29) is 23.6 Å². The molecule has 2 aromatic carbocycles. The van der Waals surface area contributed by atoms with Crippen molar-refractivity contribution in [3.8, 4) is 0 Å². The number of fused-ring (bicyclic) bond motifs is 1. The Morgan fingerprint density at radius 3 is 2.75 bits per heavy atom. The summed E-state index contributed by atoms with van der Waals surface area (Å²) in [7, 11) is 0. The average Bonchev–Trinajstić information content (AvgIpc) is 3.17. The smallest absolute Gasteiger partial charge is 0.410 e. The maximum absolute atomic E-state index is 13.6. The Balaban J connectivity index is 1.30. The van der Waals surface area contributed by atoms with Crippen molar-refractivity contribution in [2.45, 2.75) is 38.3 Å². The molecule has 1 aromatic heterocycles. The van der Waals surface area contributed by atoms with Gasteiger partial charge in [-0.25, -0.2) is 9.18 Å². The topological polar surface area (TPSA) is 63.0 Å². The van der Waals surface area contributed by atoms with E-state index in [1.807, 2.05) is 30.3 Å². The van der Waals surface area contributed by atoms with Crippen LogP contribution in [0.2, 0.25) is 0 Å². The molecule has 0 aliphatic carbocycles. The minimum Gasteiger partial charge on any atom is -0.451 e. The average molecular weight is 436 g/mol. The zero-order chi connectivity index (χ0) is 22.3. The van der Waals surface area contributed by atoms with Crippen LogP contribution in [-0.2, 0) is 11.3 Å². The molecule has 2 saturated heterocycles. The molecule has 0 radical (unpaired) electrons. The van der Waals surface area contributed by atoms with E-state index in [0.717, 1.165) is 12.0 Å². The Hall–Kier alpha value is -3.35. The molecule has 0 N–H and O–H groups in total. The lowest BCUT2D eigenvalue weighted by molar-refractivity contribution is 0.0436. The van der Waals surface area contributed by atoms with Gasteiger partial charge < -0.3 is 14.1 Å². The van der Waals surface area contributed by atoms with Gasteiger partial charge in [0.05, 0.1) is 6.54 Å². The lowest BCUT2D eigenvalue weighted by atomic mass is 9.95. The van der Waals surface area contributed by atoms with Crippen molar-refractivity contribution in [3.05, 3.63) is 71.2 Å². The summed E-state index contributed by atoms with van der Waals surface area (Å²) in [6.45, 7) is 3.83. The molecule has 2 amide bonds. The van der Waals surface area contributed by atoms with E-state index in [1.165, 1.54) is 12.1 Å². The molecule has 2 fully saturated rings. The summed E-state index contributed by atoms with van der Waals surface area (Å²) >= 11 is 0. The van der Waals surface area contributed by atoms with Crippen LogP contribution in [0.25, 0.3) is 11.0 Å². The predicted molar refractivity (Wildman–Crippen MR) is 117 cm³/mol. The minimum absolute atomic E-state index is 0.207. The number of hydrogen-bond acceptors (Lipinski definition) is 4. The number of carbonyl (C=O) groups is 2. The molecule has 1 atom stereocenters. The molecule has 1 spiro atoms. The SMILES string of the molecule is Cc1c(C(=O)N2CCC[C@]3(CC2)CN(Cc2ccccc2)C(=O)O3)oc2ccc(F)cc12. The monoisotopic (exact) mass is 436 g/mol. The second-order valence-corrected chi connectivity index (χ2v) is 8.74. The van der Waals surface area contributed by atoms with Crippen molar-refractivity contribution in [1.29, 1.82) is 0 Å². The molecule has 3 aromatic rings. The molecule has 166 valence electrons. The predicted octanol–water partition coefficient (Wildman–Crippen LogP) is 4.90. The van der Waals surface area contributed by atoms with Gasteiger partial charge in [-0.1, -0.05) is 30.3 Å². The summed E-state index contributed by atoms with van der Waals surface area (Å²) in [5.74, 6) is -0.322. The third-order valence-electron chi connectivity index (χ3n) is 6.53. The summed E-state index contributed by atoms with van der Waals surface area (Å²) < 4.78 is 25.3. The Bertz CT molecular complexity index is 1180. The van der Waals surface area contributed by atoms with Crippen LogP contribution in [0.5, 0.6) is 0 Å². The van der Waals surface area contributed by atoms with Crippen LogP contribution in [0.1, 0.15) is 40.9 Å². The first-order valence-electron chi connectivity index (χ1n) is 10.9. The molecular weight excluding hydrogens is 411 g/mol. The molecule has 6 nitrogen and oxygen atoms in total. The second kappa shape index (κ2) is 7.97. The Labute approximate surface area is 185 Å². The van der Waals surface area contributed by atoms with Gasteiger partial charge in [-0.3, -0.25) is 9.69 Å². The molecule has 0 bridgehead atoms. The maximum Gasteiger partial charge on any atom is 0.410 e. The number of hydrogen-bond donors (Lipinski definition) is 0. The number of amides is 2. The quantitative estimate of drug-likeness (QED) is 0.586. The van der Waals surface area contributed by atoms with Crippen molar-refractivity contribution in [2.75, 3.05) is 19.6 Å². The fourth-order valence-electron chi connectivity index (χ4n) is 4.79. The van der Waals surface area contributed by atoms with Crippen LogP contribution in [-0.4, -0.2) is 47.0 Å². The third kappa shape index (κ3) is 3.72. The Morgan fingerprint density at radius 1 is 1.12 bits per heavy atom. The van der Waals surface area contributed by atoms with E-state index in [9.17, 15) is 14.0 Å². The second-order valence-electron chi connectivity index (χ2n) is 8.74. The molecular formula is C25H25FN2O4. The Kier molecular flexibility index (Phi) is 5.12. The number of furan rings is 1. The maximum atomic E-state index is 13.6. The summed E-state index contributed by atoms with van der Waals surface area (Å²) in [6, 6.07) is 14.1. The van der Waals surface area contributed by atoms with Gasteiger partial charge in [-0.2, -0.15) is 0 Å². The van der Waals surface area contributed by atoms with Crippen LogP contribution >= 0.6 is 0 Å². The van der Waals surface area contributed by atoms with Gasteiger partial charge in [0.25, 0.3) is 5.91 Å². The van der Waals surface area contributed by atoms with Crippen LogP contribution < -0.4 is 0 Å². The standard InChI is InChI=1S/C25H25FN2O4/c1-17-20-14-19(26)8-9-21(20)31-22(17)23(29)27-12-5-10-25(11-13-27)16-28(24(30)32-25)15-18-6-3-2-4-7-18/h2-4,6-9,14H,5,10-13,15-16H2,1H3/t25-/m0/s1. The minimum atomic E-state index is -0.576. The highest BCUT2D eigenvalue weighted by Crippen LogP contribution is 2.35. The number of benzene rings is 2. The molecule has 0 unspecified atom stereocenters. The van der Waals surface area contributed by atoms with Gasteiger partial charge in [0.1, 0.15) is 17.0 Å². The fraction of sp³-hybridized carbons (Fsp3) is 0.360. The van der Waals surface area contributed by atoms with Crippen molar-refractivity contribution in [2.24, 2.45) is 0 Å². The Morgan fingerprint density at radius 2 is 1.94 bits per heavy atom. The number of nitrogens with zero attached hydrogens (tertiary/aromatic N) is 2. The summed E-state index contributed by atoms with van der Waals surface area (Å²) in [5, 5.41) is 0.612. The molecule has 7 heteroatoms. The van der Waals surface area contributed by atoms with Gasteiger partial charge in [0.2, 0.25) is 0 Å². The van der Waals surface area contributed by atoms with E-state index in [0.29, 0.717) is 55.6 Å². The van der Waals surface area contributed by atoms with E-state index in [1.54, 1.807) is 22.8 Å². The van der Waals surface area contributed by atoms with Gasteiger partial charge in [0, 0.05) is 37.0 Å². The number of aryl methyl sites for hydroxylation is 1. The van der Waals surface area contributed by atoms with Crippen LogP contribution in [0.3, 0.4) is 0 Å². The van der Waals surface area contributed by atoms with Gasteiger partial charge in [-0.05, 0) is 43.5 Å². The van der Waals surface area contributed by atoms with Crippen LogP contribution in [0.4, 0.5) is 9.18 Å². The van der Waals surface area contributed by atoms with Crippen LogP contribution in [0.15, 0.2) is 52.9 Å². The highest BCUT2D eigenvalue weighted by atomic mass is 19.1.